The zero-order valence-electron chi connectivity index (χ0n) is 6.19. The fraction of sp³-hybridized carbons (Fsp3) is 0.250. The molecule has 0 atom stereocenters. The molecule has 1 heterocycles. The Kier molecular flexibility index (Phi) is 2.00. The van der Waals surface area contributed by atoms with Crippen LogP contribution < -0.4 is 0 Å². The maximum absolute atomic E-state index is 3.90. The van der Waals surface area contributed by atoms with Crippen molar-refractivity contribution < 1.29 is 0 Å². The fourth-order valence-electron chi connectivity index (χ4n) is 0.866. The summed E-state index contributed by atoms with van der Waals surface area (Å²) in [5.74, 6) is 0. The second kappa shape index (κ2) is 2.62. The van der Waals surface area contributed by atoms with Crippen molar-refractivity contribution in [3.05, 3.63) is 34.6 Å². The lowest BCUT2D eigenvalue weighted by Crippen LogP contribution is -2.08. The van der Waals surface area contributed by atoms with E-state index >= 15 is 0 Å². The molecule has 1 nitrogen and oxygen atoms in total. The van der Waals surface area contributed by atoms with Crippen LogP contribution in [0.5, 0.6) is 0 Å². The third kappa shape index (κ3) is 1.32. The molecule has 0 aromatic heterocycles. The summed E-state index contributed by atoms with van der Waals surface area (Å²) in [5.41, 5.74) is 2.27. The average Bonchev–Trinajstić information content (AvgIpc) is 1.82. The van der Waals surface area contributed by atoms with Crippen LogP contribution in [-0.4, -0.2) is 11.9 Å². The highest BCUT2D eigenvalue weighted by atomic mass is 79.9. The van der Waals surface area contributed by atoms with Crippen LogP contribution in [0.2, 0.25) is 0 Å². The topological polar surface area (TPSA) is 3.24 Å². The van der Waals surface area contributed by atoms with E-state index in [4.69, 9.17) is 0 Å². The van der Waals surface area contributed by atoms with Gasteiger partial charge in [0, 0.05) is 23.9 Å². The Balaban J connectivity index is 2.94. The summed E-state index contributed by atoms with van der Waals surface area (Å²) in [5, 5.41) is 0. The van der Waals surface area contributed by atoms with Crippen molar-refractivity contribution in [1.82, 2.24) is 4.90 Å². The zero-order chi connectivity index (χ0) is 7.72. The van der Waals surface area contributed by atoms with Gasteiger partial charge in [0.1, 0.15) is 0 Å². The minimum Gasteiger partial charge on any atom is -0.356 e. The largest absolute Gasteiger partial charge is 0.356 e. The van der Waals surface area contributed by atoms with Crippen LogP contribution in [0.15, 0.2) is 34.6 Å². The third-order valence-electron chi connectivity index (χ3n) is 1.48. The Hall–Kier alpha value is -0.500. The molecule has 54 valence electrons. The molecule has 0 aliphatic carbocycles. The first-order valence-corrected chi connectivity index (χ1v) is 3.88. The molecule has 0 aromatic rings. The molecule has 0 spiro atoms. The summed E-state index contributed by atoms with van der Waals surface area (Å²) < 4.78 is 1.06. The fourth-order valence-corrected chi connectivity index (χ4v) is 1.50. The van der Waals surface area contributed by atoms with Crippen molar-refractivity contribution in [1.29, 1.82) is 0 Å². The van der Waals surface area contributed by atoms with Gasteiger partial charge in [0.15, 0.2) is 0 Å². The summed E-state index contributed by atoms with van der Waals surface area (Å²) >= 11 is 3.41. The van der Waals surface area contributed by atoms with Crippen LogP contribution in [-0.2, 0) is 0 Å². The molecular formula is C8H10BrN. The van der Waals surface area contributed by atoms with Gasteiger partial charge in [-0.15, -0.1) is 0 Å². The highest BCUT2D eigenvalue weighted by molar-refractivity contribution is 9.12. The van der Waals surface area contributed by atoms with Crippen molar-refractivity contribution in [2.45, 2.75) is 6.92 Å². The predicted molar refractivity (Wildman–Crippen MR) is 47.7 cm³/mol. The van der Waals surface area contributed by atoms with Crippen LogP contribution in [0.1, 0.15) is 6.92 Å². The maximum atomic E-state index is 3.90. The molecule has 0 bridgehead atoms. The summed E-state index contributed by atoms with van der Waals surface area (Å²) in [4.78, 5) is 2.01. The van der Waals surface area contributed by atoms with E-state index < -0.39 is 0 Å². The minimum atomic E-state index is 1.06. The van der Waals surface area contributed by atoms with Gasteiger partial charge in [-0.2, -0.15) is 0 Å². The lowest BCUT2D eigenvalue weighted by molar-refractivity contribution is 0.612. The molecule has 0 aromatic carbocycles. The summed E-state index contributed by atoms with van der Waals surface area (Å²) in [6, 6.07) is 0. The van der Waals surface area contributed by atoms with Gasteiger partial charge in [0.2, 0.25) is 0 Å². The van der Waals surface area contributed by atoms with Gasteiger partial charge in [-0.1, -0.05) is 6.58 Å². The Morgan fingerprint density at radius 1 is 1.50 bits per heavy atom. The highest BCUT2D eigenvalue weighted by Crippen LogP contribution is 2.26. The van der Waals surface area contributed by atoms with Crippen LogP contribution in [0, 0.1) is 0 Å². The second-order valence-corrected chi connectivity index (χ2v) is 3.29. The molecule has 0 amide bonds. The summed E-state index contributed by atoms with van der Waals surface area (Å²) in [6.07, 6.45) is 4.04. The van der Waals surface area contributed by atoms with Gasteiger partial charge in [0.05, 0.1) is 0 Å². The van der Waals surface area contributed by atoms with Crippen LogP contribution in [0.4, 0.5) is 0 Å². The first kappa shape index (κ1) is 7.61. The average molecular weight is 200 g/mol. The SMILES string of the molecule is C=C1C(C)=CN(C)C=C1Br. The van der Waals surface area contributed by atoms with Gasteiger partial charge >= 0.3 is 0 Å². The van der Waals surface area contributed by atoms with Crippen molar-refractivity contribution in [3.8, 4) is 0 Å². The highest BCUT2D eigenvalue weighted by Gasteiger charge is 2.07. The Morgan fingerprint density at radius 3 is 2.60 bits per heavy atom. The van der Waals surface area contributed by atoms with E-state index in [9.17, 15) is 0 Å². The van der Waals surface area contributed by atoms with Crippen molar-refractivity contribution in [3.63, 3.8) is 0 Å². The Labute approximate surface area is 69.8 Å². The van der Waals surface area contributed by atoms with E-state index in [0.717, 1.165) is 10.1 Å². The number of rotatable bonds is 0. The van der Waals surface area contributed by atoms with E-state index in [1.54, 1.807) is 0 Å². The minimum absolute atomic E-state index is 1.06. The van der Waals surface area contributed by atoms with E-state index in [1.807, 2.05) is 31.3 Å². The zero-order valence-corrected chi connectivity index (χ0v) is 7.77. The molecule has 0 unspecified atom stereocenters. The van der Waals surface area contributed by atoms with Gasteiger partial charge in [0.25, 0.3) is 0 Å². The lowest BCUT2D eigenvalue weighted by atomic mass is 10.1. The summed E-state index contributed by atoms with van der Waals surface area (Å²) in [6.45, 7) is 5.95. The molecule has 1 rings (SSSR count). The molecule has 1 aliphatic rings. The third-order valence-corrected chi connectivity index (χ3v) is 2.16. The molecule has 0 saturated carbocycles. The number of hydrogen-bond donors (Lipinski definition) is 0. The van der Waals surface area contributed by atoms with Crippen LogP contribution >= 0.6 is 15.9 Å². The Morgan fingerprint density at radius 2 is 2.10 bits per heavy atom. The first-order chi connectivity index (χ1) is 4.61. The van der Waals surface area contributed by atoms with E-state index in [-0.39, 0.29) is 0 Å². The van der Waals surface area contributed by atoms with Crippen LogP contribution in [0.3, 0.4) is 0 Å². The number of hydrogen-bond acceptors (Lipinski definition) is 1. The normalized spacial score (nSPS) is 18.7. The molecule has 0 radical (unpaired) electrons. The summed E-state index contributed by atoms with van der Waals surface area (Å²) in [7, 11) is 2.00. The van der Waals surface area contributed by atoms with E-state index in [1.165, 1.54) is 5.57 Å². The second-order valence-electron chi connectivity index (χ2n) is 2.43. The molecule has 0 saturated heterocycles. The molecule has 0 N–H and O–H groups in total. The maximum Gasteiger partial charge on any atom is 0.0406 e. The van der Waals surface area contributed by atoms with Crippen molar-refractivity contribution in [2.75, 3.05) is 7.05 Å². The van der Waals surface area contributed by atoms with E-state index in [0.29, 0.717) is 0 Å². The molecular weight excluding hydrogens is 190 g/mol. The molecule has 2 heteroatoms. The number of nitrogens with zero attached hydrogens (tertiary/aromatic N) is 1. The van der Waals surface area contributed by atoms with Crippen LogP contribution in [0.25, 0.3) is 0 Å². The molecule has 10 heavy (non-hydrogen) atoms. The lowest BCUT2D eigenvalue weighted by Gasteiger charge is -2.18. The molecule has 1 aliphatic heterocycles. The number of halogens is 1. The van der Waals surface area contributed by atoms with Crippen molar-refractivity contribution in [2.24, 2.45) is 0 Å². The van der Waals surface area contributed by atoms with Gasteiger partial charge in [-0.05, 0) is 34.0 Å². The standard InChI is InChI=1S/C8H10BrN/c1-6-4-10(3)5-8(9)7(6)2/h4-5H,2H2,1,3H3. The predicted octanol–water partition coefficient (Wildman–Crippen LogP) is 2.63. The van der Waals surface area contributed by atoms with E-state index in [2.05, 4.69) is 22.5 Å². The van der Waals surface area contributed by atoms with Gasteiger partial charge in [-0.3, -0.25) is 0 Å². The monoisotopic (exact) mass is 199 g/mol. The van der Waals surface area contributed by atoms with Gasteiger partial charge in [-0.25, -0.2) is 0 Å². The first-order valence-electron chi connectivity index (χ1n) is 3.08. The number of allylic oxidation sites excluding steroid dienone is 3. The Bertz CT molecular complexity index is 203. The molecule has 0 fully saturated rings. The van der Waals surface area contributed by atoms with Crippen molar-refractivity contribution >= 4 is 15.9 Å². The quantitative estimate of drug-likeness (QED) is 0.580. The smallest absolute Gasteiger partial charge is 0.0406 e. The van der Waals surface area contributed by atoms with Gasteiger partial charge < -0.3 is 4.90 Å².